The van der Waals surface area contributed by atoms with Crippen LogP contribution in [0.25, 0.3) is 10.1 Å². The number of ether oxygens (including phenoxy) is 1. The van der Waals surface area contributed by atoms with Gasteiger partial charge in [-0.3, -0.25) is 9.59 Å². The maximum absolute atomic E-state index is 13.8. The number of methoxy groups -OCH3 is 1. The number of carbonyl (C=O) groups excluding carboxylic acids is 2. The topological polar surface area (TPSA) is 67.4 Å². The highest BCUT2D eigenvalue weighted by Crippen LogP contribution is 2.41. The highest BCUT2D eigenvalue weighted by molar-refractivity contribution is 7.21. The summed E-state index contributed by atoms with van der Waals surface area (Å²) in [6, 6.07) is 9.74. The zero-order valence-corrected chi connectivity index (χ0v) is 30.1. The zero-order chi connectivity index (χ0) is 38.0. The minimum atomic E-state index is -5.05. The molecule has 1 heterocycles. The van der Waals surface area contributed by atoms with Gasteiger partial charge in [0.1, 0.15) is 16.4 Å². The lowest BCUT2D eigenvalue weighted by Gasteiger charge is -2.19. The molecule has 0 aliphatic rings. The first-order chi connectivity index (χ1) is 23.5. The van der Waals surface area contributed by atoms with Crippen LogP contribution < -0.4 is 15.4 Å². The molecule has 13 heteroatoms. The van der Waals surface area contributed by atoms with Gasteiger partial charge in [-0.25, -0.2) is 4.39 Å². The van der Waals surface area contributed by atoms with Gasteiger partial charge in [-0.2, -0.15) is 26.3 Å². The van der Waals surface area contributed by atoms with Gasteiger partial charge < -0.3 is 15.4 Å². The van der Waals surface area contributed by atoms with Crippen LogP contribution in [0, 0.1) is 11.7 Å². The lowest BCUT2D eigenvalue weighted by molar-refractivity contribution is -0.140. The number of thiophene rings is 1. The highest BCUT2D eigenvalue weighted by Gasteiger charge is 2.35. The first kappa shape index (κ1) is 42.0. The molecule has 274 valence electrons. The number of carbonyl (C=O) groups is 2. The Labute approximate surface area is 292 Å². The first-order valence-electron chi connectivity index (χ1n) is 16.3. The van der Waals surface area contributed by atoms with Crippen molar-refractivity contribution < 1.29 is 45.1 Å². The Morgan fingerprint density at radius 2 is 1.48 bits per heavy atom. The van der Waals surface area contributed by atoms with Crippen molar-refractivity contribution in [1.29, 1.82) is 0 Å². The van der Waals surface area contributed by atoms with E-state index >= 15 is 0 Å². The van der Waals surface area contributed by atoms with Crippen molar-refractivity contribution >= 4 is 44.6 Å². The van der Waals surface area contributed by atoms with E-state index in [4.69, 9.17) is 4.74 Å². The van der Waals surface area contributed by atoms with Crippen LogP contribution in [0.15, 0.2) is 54.6 Å². The van der Waals surface area contributed by atoms with Crippen molar-refractivity contribution in [3.05, 3.63) is 87.5 Å². The minimum Gasteiger partial charge on any atom is -0.496 e. The molecule has 3 aromatic carbocycles. The standard InChI is InChI=1S/C33H31F7N2O3S.2C2H6/c1-5-18(7-6-17(2)3)19-8-13-26(45-4)23(14-19)30(43)42-28-22-11-9-20(32(35,36)37)15-27(22)46-29(28)31(44)41-21-10-12-25(34)24(16-21)33(38,39)40;2*1-2/h8-18H,5-7H2,1-4H3,(H,41,44)(H,42,43);2*1-2H3. The average Bonchev–Trinajstić information content (AvgIpc) is 3.44. The molecule has 5 nitrogen and oxygen atoms in total. The van der Waals surface area contributed by atoms with Crippen molar-refractivity contribution in [3.63, 3.8) is 0 Å². The summed E-state index contributed by atoms with van der Waals surface area (Å²) < 4.78 is 99.6. The number of halogens is 7. The molecule has 0 aliphatic heterocycles. The van der Waals surface area contributed by atoms with Gasteiger partial charge in [-0.15, -0.1) is 11.3 Å². The second kappa shape index (κ2) is 18.2. The Balaban J connectivity index is 0.00000209. The molecule has 0 saturated carbocycles. The van der Waals surface area contributed by atoms with Crippen molar-refractivity contribution in [2.75, 3.05) is 17.7 Å². The van der Waals surface area contributed by atoms with Gasteiger partial charge in [-0.1, -0.05) is 67.0 Å². The van der Waals surface area contributed by atoms with E-state index in [9.17, 15) is 40.3 Å². The molecule has 0 fully saturated rings. The lowest BCUT2D eigenvalue weighted by Crippen LogP contribution is -2.18. The third-order valence-corrected chi connectivity index (χ3v) is 8.67. The molecule has 0 saturated heterocycles. The predicted octanol–water partition coefficient (Wildman–Crippen LogP) is 12.6. The largest absolute Gasteiger partial charge is 0.496 e. The van der Waals surface area contributed by atoms with Crippen LogP contribution in [0.5, 0.6) is 5.75 Å². The van der Waals surface area contributed by atoms with Gasteiger partial charge >= 0.3 is 12.4 Å². The Bertz CT molecular complexity index is 1750. The molecular weight excluding hydrogens is 685 g/mol. The van der Waals surface area contributed by atoms with Crippen molar-refractivity contribution in [1.82, 2.24) is 0 Å². The fourth-order valence-corrected chi connectivity index (χ4v) is 6.14. The summed E-state index contributed by atoms with van der Waals surface area (Å²) in [5.41, 5.74) is -2.17. The van der Waals surface area contributed by atoms with Crippen LogP contribution in [0.3, 0.4) is 0 Å². The summed E-state index contributed by atoms with van der Waals surface area (Å²) in [6.45, 7) is 14.3. The van der Waals surface area contributed by atoms with E-state index in [1.54, 1.807) is 12.1 Å². The predicted molar refractivity (Wildman–Crippen MR) is 187 cm³/mol. The van der Waals surface area contributed by atoms with Gasteiger partial charge in [0.15, 0.2) is 0 Å². The van der Waals surface area contributed by atoms with Crippen LogP contribution in [0.2, 0.25) is 0 Å². The number of amides is 2. The van der Waals surface area contributed by atoms with Crippen LogP contribution in [0.4, 0.5) is 42.1 Å². The number of nitrogens with one attached hydrogen (secondary N) is 2. The molecule has 0 spiro atoms. The van der Waals surface area contributed by atoms with E-state index in [0.717, 1.165) is 49.1 Å². The molecule has 1 unspecified atom stereocenters. The zero-order valence-electron chi connectivity index (χ0n) is 29.3. The Morgan fingerprint density at radius 3 is 2.04 bits per heavy atom. The van der Waals surface area contributed by atoms with Gasteiger partial charge in [0, 0.05) is 15.8 Å². The number of hydrogen-bond acceptors (Lipinski definition) is 4. The lowest BCUT2D eigenvalue weighted by atomic mass is 9.88. The maximum atomic E-state index is 13.8. The normalized spacial score (nSPS) is 12.0. The van der Waals surface area contributed by atoms with Gasteiger partial charge in [0.25, 0.3) is 11.8 Å². The van der Waals surface area contributed by atoms with E-state index in [1.165, 1.54) is 7.11 Å². The second-order valence-corrected chi connectivity index (χ2v) is 12.2. The second-order valence-electron chi connectivity index (χ2n) is 11.2. The van der Waals surface area contributed by atoms with Gasteiger partial charge in [-0.05, 0) is 72.7 Å². The van der Waals surface area contributed by atoms with Crippen LogP contribution in [-0.4, -0.2) is 18.9 Å². The van der Waals surface area contributed by atoms with Gasteiger partial charge in [0.2, 0.25) is 0 Å². The van der Waals surface area contributed by atoms with Crippen molar-refractivity contribution in [2.45, 2.75) is 86.0 Å². The maximum Gasteiger partial charge on any atom is 0.419 e. The van der Waals surface area contributed by atoms with E-state index in [2.05, 4.69) is 24.5 Å². The van der Waals surface area contributed by atoms with Crippen LogP contribution in [-0.2, 0) is 12.4 Å². The molecule has 4 rings (SSSR count). The van der Waals surface area contributed by atoms with Crippen molar-refractivity contribution in [2.24, 2.45) is 5.92 Å². The van der Waals surface area contributed by atoms with Crippen LogP contribution >= 0.6 is 11.3 Å². The number of benzene rings is 3. The molecular formula is C37H43F7N2O3S. The Morgan fingerprint density at radius 1 is 0.820 bits per heavy atom. The molecule has 0 aliphatic carbocycles. The monoisotopic (exact) mass is 728 g/mol. The Hall–Kier alpha value is -4.13. The summed E-state index contributed by atoms with van der Waals surface area (Å²) in [6.07, 6.45) is -7.10. The summed E-state index contributed by atoms with van der Waals surface area (Å²) in [7, 11) is 1.37. The smallest absolute Gasteiger partial charge is 0.419 e. The minimum absolute atomic E-state index is 0.00851. The molecule has 4 aromatic rings. The highest BCUT2D eigenvalue weighted by atomic mass is 32.1. The van der Waals surface area contributed by atoms with Gasteiger partial charge in [0.05, 0.1) is 29.5 Å². The number of anilines is 2. The average molecular weight is 729 g/mol. The molecule has 1 aromatic heterocycles. The van der Waals surface area contributed by atoms with E-state index in [0.29, 0.717) is 29.4 Å². The molecule has 1 atom stereocenters. The first-order valence-corrected chi connectivity index (χ1v) is 17.2. The van der Waals surface area contributed by atoms with Crippen molar-refractivity contribution in [3.8, 4) is 5.75 Å². The van der Waals surface area contributed by atoms with E-state index < -0.39 is 46.8 Å². The van der Waals surface area contributed by atoms with Crippen LogP contribution in [0.1, 0.15) is 110 Å². The molecule has 2 N–H and O–H groups in total. The van der Waals surface area contributed by atoms with E-state index in [1.807, 2.05) is 40.7 Å². The summed E-state index contributed by atoms with van der Waals surface area (Å²) >= 11 is 0.608. The van der Waals surface area contributed by atoms with E-state index in [-0.39, 0.29) is 37.9 Å². The fraction of sp³-hybridized carbons (Fsp3) is 0.405. The quantitative estimate of drug-likeness (QED) is 0.160. The third-order valence-electron chi connectivity index (χ3n) is 7.52. The number of hydrogen-bond donors (Lipinski definition) is 2. The molecule has 2 amide bonds. The number of alkyl halides is 6. The summed E-state index contributed by atoms with van der Waals surface area (Å²) in [5.74, 6) is -2.46. The number of rotatable bonds is 10. The molecule has 50 heavy (non-hydrogen) atoms. The Kier molecular flexibility index (Phi) is 15.3. The fourth-order valence-electron chi connectivity index (χ4n) is 5.04. The number of fused-ring (bicyclic) bond motifs is 1. The third kappa shape index (κ3) is 10.4. The molecule has 0 bridgehead atoms. The summed E-state index contributed by atoms with van der Waals surface area (Å²) in [5, 5.41) is 4.98. The molecule has 0 radical (unpaired) electrons. The SMILES string of the molecule is CC.CC.CCC(CCC(C)C)c1ccc(OC)c(C(=O)Nc2c(C(=O)Nc3ccc(F)c(C(F)(F)F)c3)sc3cc(C(F)(F)F)ccc23)c1. The summed E-state index contributed by atoms with van der Waals surface area (Å²) in [4.78, 5) is 26.9.